The molecule has 1 saturated carbocycles. The molecule has 3 rings (SSSR count). The highest BCUT2D eigenvalue weighted by molar-refractivity contribution is 7.09. The third kappa shape index (κ3) is 6.17. The number of amides is 1. The monoisotopic (exact) mass is 393 g/mol. The van der Waals surface area contributed by atoms with Crippen LogP contribution in [0.4, 0.5) is 0 Å². The average Bonchev–Trinajstić information content (AvgIpc) is 3.05. The van der Waals surface area contributed by atoms with Crippen molar-refractivity contribution in [2.24, 2.45) is 5.92 Å². The van der Waals surface area contributed by atoms with E-state index < -0.39 is 0 Å². The molecule has 1 aliphatic carbocycles. The Morgan fingerprint density at radius 2 is 2.00 bits per heavy atom. The number of piperidine rings is 1. The van der Waals surface area contributed by atoms with Crippen LogP contribution in [0.1, 0.15) is 61.6 Å². The Labute approximate surface area is 161 Å². The van der Waals surface area contributed by atoms with E-state index in [1.54, 1.807) is 11.3 Å². The van der Waals surface area contributed by atoms with E-state index in [9.17, 15) is 4.79 Å². The zero-order chi connectivity index (χ0) is 15.2. The summed E-state index contributed by atoms with van der Waals surface area (Å²) in [6.07, 6.45) is 9.67. The predicted octanol–water partition coefficient (Wildman–Crippen LogP) is 3.69. The van der Waals surface area contributed by atoms with Gasteiger partial charge in [0.1, 0.15) is 0 Å². The molecule has 1 aromatic rings. The Balaban J connectivity index is 0.00000144. The largest absolute Gasteiger partial charge is 0.355 e. The van der Waals surface area contributed by atoms with Crippen LogP contribution in [-0.4, -0.2) is 30.5 Å². The molecule has 0 spiro atoms. The number of carbonyl (C=O) groups excluding carboxylic acids is 1. The van der Waals surface area contributed by atoms with Gasteiger partial charge in [-0.2, -0.15) is 0 Å². The first-order valence-electron chi connectivity index (χ1n) is 8.75. The van der Waals surface area contributed by atoms with Crippen LogP contribution in [0, 0.1) is 5.92 Å². The molecule has 1 unspecified atom stereocenters. The molecule has 2 heterocycles. The number of halogens is 2. The van der Waals surface area contributed by atoms with Crippen LogP contribution < -0.4 is 10.6 Å². The van der Waals surface area contributed by atoms with Crippen molar-refractivity contribution in [3.63, 3.8) is 0 Å². The molecular formula is C17H29Cl2N3OS. The lowest BCUT2D eigenvalue weighted by atomic mass is 9.87. The van der Waals surface area contributed by atoms with Crippen molar-refractivity contribution in [1.29, 1.82) is 0 Å². The zero-order valence-electron chi connectivity index (χ0n) is 14.1. The minimum Gasteiger partial charge on any atom is -0.355 e. The Hall–Kier alpha value is -0.360. The van der Waals surface area contributed by atoms with Gasteiger partial charge in [-0.25, -0.2) is 4.98 Å². The Morgan fingerprint density at radius 1 is 1.21 bits per heavy atom. The second kappa shape index (κ2) is 11.3. The molecule has 7 heteroatoms. The fraction of sp³-hybridized carbons (Fsp3) is 0.765. The van der Waals surface area contributed by atoms with Gasteiger partial charge in [0.05, 0.1) is 16.6 Å². The lowest BCUT2D eigenvalue weighted by Crippen LogP contribution is -2.41. The summed E-state index contributed by atoms with van der Waals surface area (Å²) in [7, 11) is 0. The fourth-order valence-electron chi connectivity index (χ4n) is 3.54. The third-order valence-electron chi connectivity index (χ3n) is 4.90. The molecule has 1 amide bonds. The molecule has 1 aliphatic heterocycles. The number of nitrogens with zero attached hydrogens (tertiary/aromatic N) is 1. The quantitative estimate of drug-likeness (QED) is 0.801. The molecule has 1 aromatic heterocycles. The van der Waals surface area contributed by atoms with Crippen molar-refractivity contribution in [3.8, 4) is 0 Å². The van der Waals surface area contributed by atoms with Crippen molar-refractivity contribution < 1.29 is 4.79 Å². The molecule has 1 atom stereocenters. The van der Waals surface area contributed by atoms with E-state index in [0.717, 1.165) is 32.4 Å². The summed E-state index contributed by atoms with van der Waals surface area (Å²) in [5, 5.41) is 9.77. The van der Waals surface area contributed by atoms with E-state index in [2.05, 4.69) is 16.0 Å². The predicted molar refractivity (Wildman–Crippen MR) is 105 cm³/mol. The summed E-state index contributed by atoms with van der Waals surface area (Å²) in [5.74, 6) is 1.04. The number of aromatic nitrogens is 1. The summed E-state index contributed by atoms with van der Waals surface area (Å²) in [4.78, 5) is 16.9. The molecule has 2 N–H and O–H groups in total. The van der Waals surface area contributed by atoms with Crippen molar-refractivity contribution in [2.45, 2.75) is 57.3 Å². The molecule has 4 nitrogen and oxygen atoms in total. The number of hydrogen-bond donors (Lipinski definition) is 2. The molecule has 2 aliphatic rings. The summed E-state index contributed by atoms with van der Waals surface area (Å²) in [5.41, 5.74) is 1.29. The molecular weight excluding hydrogens is 365 g/mol. The van der Waals surface area contributed by atoms with Gasteiger partial charge < -0.3 is 10.6 Å². The first kappa shape index (κ1) is 21.7. The van der Waals surface area contributed by atoms with Crippen LogP contribution in [0.5, 0.6) is 0 Å². The van der Waals surface area contributed by atoms with Gasteiger partial charge in [0.25, 0.3) is 0 Å². The maximum Gasteiger partial charge on any atom is 0.224 e. The topological polar surface area (TPSA) is 54.0 Å². The van der Waals surface area contributed by atoms with Gasteiger partial charge in [-0.1, -0.05) is 19.3 Å². The van der Waals surface area contributed by atoms with Gasteiger partial charge in [0.2, 0.25) is 5.91 Å². The van der Waals surface area contributed by atoms with E-state index >= 15 is 0 Å². The standard InChI is InChI=1S/C17H27N3OS.2ClH/c21-17(14-7-4-9-18-11-14)19-10-8-16-20-15(12-22-16)13-5-2-1-3-6-13;;/h12-14,18H,1-11H2,(H,19,21);2*1H. The van der Waals surface area contributed by atoms with E-state index in [0.29, 0.717) is 12.5 Å². The third-order valence-corrected chi connectivity index (χ3v) is 5.83. The van der Waals surface area contributed by atoms with Gasteiger partial charge in [-0.15, -0.1) is 36.2 Å². The minimum absolute atomic E-state index is 0. The lowest BCUT2D eigenvalue weighted by molar-refractivity contribution is -0.125. The summed E-state index contributed by atoms with van der Waals surface area (Å²) >= 11 is 1.76. The highest BCUT2D eigenvalue weighted by Gasteiger charge is 2.21. The van der Waals surface area contributed by atoms with Crippen molar-refractivity contribution in [1.82, 2.24) is 15.6 Å². The van der Waals surface area contributed by atoms with Gasteiger partial charge in [0.15, 0.2) is 0 Å². The van der Waals surface area contributed by atoms with Gasteiger partial charge in [-0.05, 0) is 32.2 Å². The first-order valence-corrected chi connectivity index (χ1v) is 9.63. The number of nitrogens with one attached hydrogen (secondary N) is 2. The SMILES string of the molecule is Cl.Cl.O=C(NCCc1nc(C2CCCCC2)cs1)C1CCCNC1. The van der Waals surface area contributed by atoms with Gasteiger partial charge in [-0.3, -0.25) is 4.79 Å². The molecule has 0 radical (unpaired) electrons. The number of hydrogen-bond acceptors (Lipinski definition) is 4. The molecule has 0 bridgehead atoms. The van der Waals surface area contributed by atoms with Crippen molar-refractivity contribution >= 4 is 42.1 Å². The summed E-state index contributed by atoms with van der Waals surface area (Å²) in [6.45, 7) is 2.59. The minimum atomic E-state index is 0. The average molecular weight is 394 g/mol. The highest BCUT2D eigenvalue weighted by Crippen LogP contribution is 2.33. The molecule has 24 heavy (non-hydrogen) atoms. The highest BCUT2D eigenvalue weighted by atomic mass is 35.5. The maximum absolute atomic E-state index is 12.1. The molecule has 1 saturated heterocycles. The Morgan fingerprint density at radius 3 is 2.71 bits per heavy atom. The van der Waals surface area contributed by atoms with Crippen LogP contribution in [0.2, 0.25) is 0 Å². The van der Waals surface area contributed by atoms with Gasteiger partial charge >= 0.3 is 0 Å². The summed E-state index contributed by atoms with van der Waals surface area (Å²) in [6, 6.07) is 0. The van der Waals surface area contributed by atoms with Crippen molar-refractivity contribution in [2.75, 3.05) is 19.6 Å². The second-order valence-electron chi connectivity index (χ2n) is 6.59. The van der Waals surface area contributed by atoms with Crippen LogP contribution >= 0.6 is 36.2 Å². The van der Waals surface area contributed by atoms with Crippen LogP contribution in [0.15, 0.2) is 5.38 Å². The van der Waals surface area contributed by atoms with E-state index in [4.69, 9.17) is 4.98 Å². The van der Waals surface area contributed by atoms with E-state index in [1.807, 2.05) is 0 Å². The van der Waals surface area contributed by atoms with Crippen LogP contribution in [0.3, 0.4) is 0 Å². The number of thiazole rings is 1. The normalized spacial score (nSPS) is 21.4. The molecule has 0 aromatic carbocycles. The van der Waals surface area contributed by atoms with Crippen LogP contribution in [0.25, 0.3) is 0 Å². The number of rotatable bonds is 5. The molecule has 2 fully saturated rings. The summed E-state index contributed by atoms with van der Waals surface area (Å²) < 4.78 is 0. The lowest BCUT2D eigenvalue weighted by Gasteiger charge is -2.21. The van der Waals surface area contributed by atoms with Crippen LogP contribution in [-0.2, 0) is 11.2 Å². The van der Waals surface area contributed by atoms with Gasteiger partial charge in [0, 0.05) is 30.8 Å². The van der Waals surface area contributed by atoms with E-state index in [1.165, 1.54) is 42.8 Å². The smallest absolute Gasteiger partial charge is 0.224 e. The molecule has 138 valence electrons. The van der Waals surface area contributed by atoms with Crippen molar-refractivity contribution in [3.05, 3.63) is 16.1 Å². The Kier molecular flexibility index (Phi) is 10.2. The zero-order valence-corrected chi connectivity index (χ0v) is 16.5. The second-order valence-corrected chi connectivity index (χ2v) is 7.53. The first-order chi connectivity index (χ1) is 10.8. The Bertz CT molecular complexity index is 486. The van der Waals surface area contributed by atoms with E-state index in [-0.39, 0.29) is 36.6 Å². The number of carbonyl (C=O) groups is 1. The fourth-order valence-corrected chi connectivity index (χ4v) is 4.42. The maximum atomic E-state index is 12.1.